The summed E-state index contributed by atoms with van der Waals surface area (Å²) in [5.74, 6) is 1.19. The summed E-state index contributed by atoms with van der Waals surface area (Å²) in [6.45, 7) is 2.51. The fourth-order valence-electron chi connectivity index (χ4n) is 2.86. The van der Waals surface area contributed by atoms with Crippen molar-refractivity contribution >= 4 is 5.91 Å². The molecule has 0 bridgehead atoms. The van der Waals surface area contributed by atoms with Crippen molar-refractivity contribution in [1.29, 1.82) is 0 Å². The molecule has 102 valence electrons. The summed E-state index contributed by atoms with van der Waals surface area (Å²) in [4.78, 5) is 12.3. The standard InChI is InChI=1S/C15H20N2O2/c18-15(11-4-3-8-16-10-11)17-13-7-9-19-14-6-2-1-5-12(13)14/h1-2,5-6,11,13,16H,3-4,7-10H2,(H,17,18)/t11-,13?/m0/s1. The Kier molecular flexibility index (Phi) is 3.69. The van der Waals surface area contributed by atoms with E-state index in [1.54, 1.807) is 0 Å². The van der Waals surface area contributed by atoms with Gasteiger partial charge in [0.2, 0.25) is 5.91 Å². The third kappa shape index (κ3) is 2.73. The van der Waals surface area contributed by atoms with E-state index in [9.17, 15) is 4.79 Å². The highest BCUT2D eigenvalue weighted by Gasteiger charge is 2.26. The van der Waals surface area contributed by atoms with Crippen LogP contribution in [0.15, 0.2) is 24.3 Å². The SMILES string of the molecule is O=C(NC1CCOc2ccccc21)[C@H]1CCCNC1. The molecule has 1 aromatic carbocycles. The summed E-state index contributed by atoms with van der Waals surface area (Å²) in [5, 5.41) is 6.47. The van der Waals surface area contributed by atoms with Gasteiger partial charge in [-0.25, -0.2) is 0 Å². The zero-order chi connectivity index (χ0) is 13.1. The average Bonchev–Trinajstić information content (AvgIpc) is 2.48. The predicted octanol–water partition coefficient (Wildman–Crippen LogP) is 1.63. The Morgan fingerprint density at radius 1 is 1.32 bits per heavy atom. The van der Waals surface area contributed by atoms with Crippen LogP contribution in [-0.4, -0.2) is 25.6 Å². The Morgan fingerprint density at radius 2 is 2.21 bits per heavy atom. The minimum atomic E-state index is 0.0966. The molecular weight excluding hydrogens is 240 g/mol. The Labute approximate surface area is 113 Å². The van der Waals surface area contributed by atoms with Crippen LogP contribution in [0, 0.1) is 5.92 Å². The third-order valence-corrected chi connectivity index (χ3v) is 3.94. The highest BCUT2D eigenvalue weighted by atomic mass is 16.5. The first-order chi connectivity index (χ1) is 9.34. The van der Waals surface area contributed by atoms with E-state index in [2.05, 4.69) is 10.6 Å². The molecule has 3 rings (SSSR count). The van der Waals surface area contributed by atoms with Crippen molar-refractivity contribution in [3.63, 3.8) is 0 Å². The van der Waals surface area contributed by atoms with Gasteiger partial charge in [-0.15, -0.1) is 0 Å². The van der Waals surface area contributed by atoms with Gasteiger partial charge in [-0.05, 0) is 25.5 Å². The molecule has 4 heteroatoms. The first-order valence-electron chi connectivity index (χ1n) is 7.07. The van der Waals surface area contributed by atoms with Crippen molar-refractivity contribution in [3.05, 3.63) is 29.8 Å². The number of hydrogen-bond acceptors (Lipinski definition) is 3. The lowest BCUT2D eigenvalue weighted by atomic mass is 9.96. The van der Waals surface area contributed by atoms with E-state index in [4.69, 9.17) is 4.74 Å². The van der Waals surface area contributed by atoms with Crippen LogP contribution in [0.25, 0.3) is 0 Å². The number of piperidine rings is 1. The maximum Gasteiger partial charge on any atom is 0.224 e. The fraction of sp³-hybridized carbons (Fsp3) is 0.533. The van der Waals surface area contributed by atoms with Gasteiger partial charge < -0.3 is 15.4 Å². The Hall–Kier alpha value is -1.55. The van der Waals surface area contributed by atoms with Crippen molar-refractivity contribution in [2.45, 2.75) is 25.3 Å². The summed E-state index contributed by atoms with van der Waals surface area (Å²) in [7, 11) is 0. The first kappa shape index (κ1) is 12.5. The maximum absolute atomic E-state index is 12.3. The van der Waals surface area contributed by atoms with E-state index in [0.717, 1.165) is 43.7 Å². The topological polar surface area (TPSA) is 50.4 Å². The molecule has 1 saturated heterocycles. The van der Waals surface area contributed by atoms with Crippen LogP contribution >= 0.6 is 0 Å². The number of amides is 1. The second-order valence-electron chi connectivity index (χ2n) is 5.28. The van der Waals surface area contributed by atoms with Crippen molar-refractivity contribution < 1.29 is 9.53 Å². The highest BCUT2D eigenvalue weighted by Crippen LogP contribution is 2.31. The van der Waals surface area contributed by atoms with Crippen LogP contribution in [-0.2, 0) is 4.79 Å². The van der Waals surface area contributed by atoms with Crippen LogP contribution in [0.5, 0.6) is 5.75 Å². The molecule has 2 aliphatic heterocycles. The molecule has 1 fully saturated rings. The van der Waals surface area contributed by atoms with Crippen LogP contribution in [0.2, 0.25) is 0 Å². The zero-order valence-electron chi connectivity index (χ0n) is 11.0. The Bertz CT molecular complexity index is 455. The van der Waals surface area contributed by atoms with Gasteiger partial charge >= 0.3 is 0 Å². The van der Waals surface area contributed by atoms with Crippen molar-refractivity contribution in [2.24, 2.45) is 5.92 Å². The summed E-state index contributed by atoms with van der Waals surface area (Å²) in [6.07, 6.45) is 2.93. The summed E-state index contributed by atoms with van der Waals surface area (Å²) >= 11 is 0. The second kappa shape index (κ2) is 5.61. The second-order valence-corrected chi connectivity index (χ2v) is 5.28. The van der Waals surface area contributed by atoms with Gasteiger partial charge in [-0.2, -0.15) is 0 Å². The molecule has 1 unspecified atom stereocenters. The van der Waals surface area contributed by atoms with E-state index in [1.165, 1.54) is 0 Å². The molecule has 4 nitrogen and oxygen atoms in total. The molecular formula is C15H20N2O2. The van der Waals surface area contributed by atoms with E-state index in [0.29, 0.717) is 6.61 Å². The van der Waals surface area contributed by atoms with Gasteiger partial charge in [0.05, 0.1) is 18.6 Å². The molecule has 0 radical (unpaired) electrons. The fourth-order valence-corrected chi connectivity index (χ4v) is 2.86. The number of rotatable bonds is 2. The summed E-state index contributed by atoms with van der Waals surface area (Å²) < 4.78 is 5.62. The largest absolute Gasteiger partial charge is 0.493 e. The molecule has 2 N–H and O–H groups in total. The number of nitrogens with one attached hydrogen (secondary N) is 2. The quantitative estimate of drug-likeness (QED) is 0.849. The monoisotopic (exact) mass is 260 g/mol. The van der Waals surface area contributed by atoms with Gasteiger partial charge in [0.1, 0.15) is 5.75 Å². The lowest BCUT2D eigenvalue weighted by molar-refractivity contribution is -0.126. The Morgan fingerprint density at radius 3 is 3.05 bits per heavy atom. The first-order valence-corrected chi connectivity index (χ1v) is 7.07. The van der Waals surface area contributed by atoms with Crippen LogP contribution < -0.4 is 15.4 Å². The lowest BCUT2D eigenvalue weighted by Crippen LogP contribution is -2.42. The summed E-state index contributed by atoms with van der Waals surface area (Å²) in [5.41, 5.74) is 1.10. The molecule has 1 amide bonds. The number of carbonyl (C=O) groups excluding carboxylic acids is 1. The Balaban J connectivity index is 1.68. The number of ether oxygens (including phenoxy) is 1. The van der Waals surface area contributed by atoms with E-state index < -0.39 is 0 Å². The molecule has 19 heavy (non-hydrogen) atoms. The van der Waals surface area contributed by atoms with Gasteiger partial charge in [0, 0.05) is 18.5 Å². The number of fused-ring (bicyclic) bond motifs is 1. The number of para-hydroxylation sites is 1. The molecule has 0 aromatic heterocycles. The minimum absolute atomic E-state index is 0.0966. The maximum atomic E-state index is 12.3. The average molecular weight is 260 g/mol. The molecule has 1 aromatic rings. The van der Waals surface area contributed by atoms with Gasteiger partial charge in [0.15, 0.2) is 0 Å². The minimum Gasteiger partial charge on any atom is -0.493 e. The van der Waals surface area contributed by atoms with Crippen molar-refractivity contribution in [1.82, 2.24) is 10.6 Å². The smallest absolute Gasteiger partial charge is 0.224 e. The normalized spacial score (nSPS) is 26.1. The van der Waals surface area contributed by atoms with Crippen LogP contribution in [0.4, 0.5) is 0 Å². The molecule has 0 aliphatic carbocycles. The van der Waals surface area contributed by atoms with Crippen molar-refractivity contribution in [3.8, 4) is 5.75 Å². The van der Waals surface area contributed by atoms with E-state index in [-0.39, 0.29) is 17.9 Å². The molecule has 2 heterocycles. The molecule has 0 spiro atoms. The number of benzene rings is 1. The highest BCUT2D eigenvalue weighted by molar-refractivity contribution is 5.79. The van der Waals surface area contributed by atoms with Crippen molar-refractivity contribution in [2.75, 3.05) is 19.7 Å². The van der Waals surface area contributed by atoms with Crippen LogP contribution in [0.1, 0.15) is 30.9 Å². The molecule has 0 saturated carbocycles. The predicted molar refractivity (Wildman–Crippen MR) is 73.0 cm³/mol. The zero-order valence-corrected chi connectivity index (χ0v) is 11.0. The van der Waals surface area contributed by atoms with Gasteiger partial charge in [-0.1, -0.05) is 18.2 Å². The van der Waals surface area contributed by atoms with Gasteiger partial charge in [0.25, 0.3) is 0 Å². The molecule has 2 aliphatic rings. The van der Waals surface area contributed by atoms with E-state index >= 15 is 0 Å². The summed E-state index contributed by atoms with van der Waals surface area (Å²) in [6, 6.07) is 8.07. The number of carbonyl (C=O) groups is 1. The third-order valence-electron chi connectivity index (χ3n) is 3.94. The number of hydrogen-bond donors (Lipinski definition) is 2. The van der Waals surface area contributed by atoms with Gasteiger partial charge in [-0.3, -0.25) is 4.79 Å². The van der Waals surface area contributed by atoms with E-state index in [1.807, 2.05) is 24.3 Å². The van der Waals surface area contributed by atoms with Crippen LogP contribution in [0.3, 0.4) is 0 Å². The lowest BCUT2D eigenvalue weighted by Gasteiger charge is -2.29. The molecule has 2 atom stereocenters.